The fraction of sp³-hybridized carbons (Fsp3) is 0.0556. The van der Waals surface area contributed by atoms with Crippen molar-refractivity contribution in [1.29, 1.82) is 0 Å². The molecule has 0 bridgehead atoms. The zero-order valence-corrected chi connectivity index (χ0v) is 11.5. The molecule has 21 heavy (non-hydrogen) atoms. The first-order valence-electron chi connectivity index (χ1n) is 6.78. The molecule has 3 heteroatoms. The maximum absolute atomic E-state index is 12.1. The van der Waals surface area contributed by atoms with E-state index in [2.05, 4.69) is 5.32 Å². The molecule has 1 heterocycles. The summed E-state index contributed by atoms with van der Waals surface area (Å²) in [6.07, 6.45) is 3.35. The summed E-state index contributed by atoms with van der Waals surface area (Å²) < 4.78 is 5.13. The van der Waals surface area contributed by atoms with E-state index in [1.54, 1.807) is 24.7 Å². The van der Waals surface area contributed by atoms with E-state index in [1.807, 2.05) is 48.5 Å². The van der Waals surface area contributed by atoms with E-state index in [-0.39, 0.29) is 5.91 Å². The van der Waals surface area contributed by atoms with Crippen LogP contribution in [0, 0.1) is 0 Å². The van der Waals surface area contributed by atoms with Gasteiger partial charge in [0.25, 0.3) is 5.91 Å². The van der Waals surface area contributed by atoms with Crippen LogP contribution in [0.25, 0.3) is 11.1 Å². The van der Waals surface area contributed by atoms with Gasteiger partial charge in [-0.15, -0.1) is 0 Å². The molecule has 0 atom stereocenters. The van der Waals surface area contributed by atoms with Crippen LogP contribution >= 0.6 is 0 Å². The van der Waals surface area contributed by atoms with Crippen molar-refractivity contribution in [2.45, 2.75) is 6.54 Å². The lowest BCUT2D eigenvalue weighted by Gasteiger charge is -2.09. The van der Waals surface area contributed by atoms with E-state index < -0.39 is 0 Å². The Morgan fingerprint density at radius 1 is 0.952 bits per heavy atom. The molecular formula is C18H15NO2. The van der Waals surface area contributed by atoms with Crippen LogP contribution in [0.5, 0.6) is 0 Å². The van der Waals surface area contributed by atoms with Crippen molar-refractivity contribution in [1.82, 2.24) is 5.32 Å². The maximum Gasteiger partial charge on any atom is 0.251 e. The Kier molecular flexibility index (Phi) is 3.83. The lowest BCUT2D eigenvalue weighted by Crippen LogP contribution is -2.22. The van der Waals surface area contributed by atoms with Gasteiger partial charge in [0.2, 0.25) is 0 Å². The van der Waals surface area contributed by atoms with Crippen LogP contribution in [0.3, 0.4) is 0 Å². The molecule has 1 amide bonds. The number of nitrogens with one attached hydrogen (secondary N) is 1. The van der Waals surface area contributed by atoms with Crippen LogP contribution < -0.4 is 5.32 Å². The van der Waals surface area contributed by atoms with E-state index in [1.165, 1.54) is 0 Å². The Balaban J connectivity index is 1.76. The van der Waals surface area contributed by atoms with Gasteiger partial charge in [-0.3, -0.25) is 4.79 Å². The number of hydrogen-bond donors (Lipinski definition) is 1. The first-order chi connectivity index (χ1) is 10.3. The standard InChI is InChI=1S/C18H15NO2/c20-18(14-6-2-1-3-7-14)19-12-15-8-4-5-9-17(15)16-10-11-21-13-16/h1-11,13H,12H2,(H,19,20). The first-order valence-corrected chi connectivity index (χ1v) is 6.78. The zero-order chi connectivity index (χ0) is 14.5. The number of furan rings is 1. The van der Waals surface area contributed by atoms with E-state index in [9.17, 15) is 4.79 Å². The second-order valence-corrected chi connectivity index (χ2v) is 4.72. The van der Waals surface area contributed by atoms with Gasteiger partial charge in [-0.05, 0) is 29.3 Å². The SMILES string of the molecule is O=C(NCc1ccccc1-c1ccoc1)c1ccccc1. The van der Waals surface area contributed by atoms with Gasteiger partial charge in [0.15, 0.2) is 0 Å². The fourth-order valence-corrected chi connectivity index (χ4v) is 2.24. The molecule has 0 aliphatic heterocycles. The topological polar surface area (TPSA) is 42.2 Å². The number of amides is 1. The average Bonchev–Trinajstić information content (AvgIpc) is 3.08. The molecule has 104 valence electrons. The Bertz CT molecular complexity index is 718. The highest BCUT2D eigenvalue weighted by Gasteiger charge is 2.08. The van der Waals surface area contributed by atoms with Gasteiger partial charge >= 0.3 is 0 Å². The summed E-state index contributed by atoms with van der Waals surface area (Å²) in [5.74, 6) is -0.0717. The summed E-state index contributed by atoms with van der Waals surface area (Å²) in [6.45, 7) is 0.481. The summed E-state index contributed by atoms with van der Waals surface area (Å²) in [6, 6.07) is 19.1. The van der Waals surface area contributed by atoms with Crippen molar-refractivity contribution in [3.05, 3.63) is 84.3 Å². The van der Waals surface area contributed by atoms with Crippen LogP contribution in [0.2, 0.25) is 0 Å². The minimum Gasteiger partial charge on any atom is -0.472 e. The monoisotopic (exact) mass is 277 g/mol. The third-order valence-corrected chi connectivity index (χ3v) is 3.32. The lowest BCUT2D eigenvalue weighted by atomic mass is 10.0. The number of carbonyl (C=O) groups is 1. The number of carbonyl (C=O) groups excluding carboxylic acids is 1. The number of hydrogen-bond acceptors (Lipinski definition) is 2. The molecular weight excluding hydrogens is 262 g/mol. The van der Waals surface area contributed by atoms with E-state index >= 15 is 0 Å². The maximum atomic E-state index is 12.1. The molecule has 3 aromatic rings. The highest BCUT2D eigenvalue weighted by molar-refractivity contribution is 5.94. The molecule has 0 fully saturated rings. The van der Waals surface area contributed by atoms with Crippen LogP contribution in [-0.2, 0) is 6.54 Å². The minimum absolute atomic E-state index is 0.0717. The lowest BCUT2D eigenvalue weighted by molar-refractivity contribution is 0.0951. The van der Waals surface area contributed by atoms with Crippen molar-refractivity contribution < 1.29 is 9.21 Å². The van der Waals surface area contributed by atoms with Crippen molar-refractivity contribution in [3.8, 4) is 11.1 Å². The van der Waals surface area contributed by atoms with Gasteiger partial charge in [-0.1, -0.05) is 42.5 Å². The normalized spacial score (nSPS) is 10.3. The summed E-state index contributed by atoms with van der Waals surface area (Å²) in [5, 5.41) is 2.95. The molecule has 0 saturated heterocycles. The third kappa shape index (κ3) is 3.03. The third-order valence-electron chi connectivity index (χ3n) is 3.32. The smallest absolute Gasteiger partial charge is 0.251 e. The summed E-state index contributed by atoms with van der Waals surface area (Å²) in [7, 11) is 0. The summed E-state index contributed by atoms with van der Waals surface area (Å²) in [4.78, 5) is 12.1. The molecule has 3 rings (SSSR count). The van der Waals surface area contributed by atoms with Gasteiger partial charge < -0.3 is 9.73 Å². The molecule has 1 aromatic heterocycles. The molecule has 1 N–H and O–H groups in total. The molecule has 0 radical (unpaired) electrons. The molecule has 0 saturated carbocycles. The van der Waals surface area contributed by atoms with E-state index in [0.717, 1.165) is 16.7 Å². The molecule has 0 aliphatic carbocycles. The quantitative estimate of drug-likeness (QED) is 0.786. The predicted molar refractivity (Wildman–Crippen MR) is 81.8 cm³/mol. The van der Waals surface area contributed by atoms with E-state index in [0.29, 0.717) is 12.1 Å². The molecule has 0 aliphatic rings. The Morgan fingerprint density at radius 3 is 2.48 bits per heavy atom. The Morgan fingerprint density at radius 2 is 1.71 bits per heavy atom. The second kappa shape index (κ2) is 6.09. The van der Waals surface area contributed by atoms with Gasteiger partial charge in [0, 0.05) is 17.7 Å². The van der Waals surface area contributed by atoms with Crippen molar-refractivity contribution in [3.63, 3.8) is 0 Å². The largest absolute Gasteiger partial charge is 0.472 e. The van der Waals surface area contributed by atoms with Crippen LogP contribution in [0.15, 0.2) is 77.6 Å². The average molecular weight is 277 g/mol. The van der Waals surface area contributed by atoms with E-state index in [4.69, 9.17) is 4.42 Å². The molecule has 0 spiro atoms. The van der Waals surface area contributed by atoms with Crippen LogP contribution in [0.1, 0.15) is 15.9 Å². The predicted octanol–water partition coefficient (Wildman–Crippen LogP) is 3.88. The minimum atomic E-state index is -0.0717. The summed E-state index contributed by atoms with van der Waals surface area (Å²) >= 11 is 0. The Hall–Kier alpha value is -2.81. The molecule has 3 nitrogen and oxygen atoms in total. The van der Waals surface area contributed by atoms with Crippen LogP contribution in [-0.4, -0.2) is 5.91 Å². The highest BCUT2D eigenvalue weighted by atomic mass is 16.3. The van der Waals surface area contributed by atoms with Gasteiger partial charge in [-0.2, -0.15) is 0 Å². The second-order valence-electron chi connectivity index (χ2n) is 4.72. The van der Waals surface area contributed by atoms with Gasteiger partial charge in [-0.25, -0.2) is 0 Å². The van der Waals surface area contributed by atoms with Crippen molar-refractivity contribution in [2.75, 3.05) is 0 Å². The Labute approximate surface area is 123 Å². The van der Waals surface area contributed by atoms with Crippen LogP contribution in [0.4, 0.5) is 0 Å². The molecule has 2 aromatic carbocycles. The highest BCUT2D eigenvalue weighted by Crippen LogP contribution is 2.23. The zero-order valence-electron chi connectivity index (χ0n) is 11.5. The first kappa shape index (κ1) is 13.2. The van der Waals surface area contributed by atoms with Crippen molar-refractivity contribution in [2.24, 2.45) is 0 Å². The number of benzene rings is 2. The van der Waals surface area contributed by atoms with Crippen molar-refractivity contribution >= 4 is 5.91 Å². The van der Waals surface area contributed by atoms with Gasteiger partial charge in [0.05, 0.1) is 12.5 Å². The molecule has 0 unspecified atom stereocenters. The number of rotatable bonds is 4. The fourth-order valence-electron chi connectivity index (χ4n) is 2.24. The summed E-state index contributed by atoms with van der Waals surface area (Å²) in [5.41, 5.74) is 3.81. The van der Waals surface area contributed by atoms with Gasteiger partial charge in [0.1, 0.15) is 0 Å².